The molecule has 0 aromatic carbocycles. The molecule has 1 fully saturated rings. The number of hydrogen-bond acceptors (Lipinski definition) is 4. The molecule has 22 heavy (non-hydrogen) atoms. The number of methoxy groups -OCH3 is 2. The van der Waals surface area contributed by atoms with Crippen LogP contribution in [0, 0.1) is 5.41 Å². The summed E-state index contributed by atoms with van der Waals surface area (Å²) in [7, 11) is 3.11. The van der Waals surface area contributed by atoms with E-state index in [1.807, 2.05) is 11.5 Å². The maximum Gasteiger partial charge on any atom is 0.238 e. The molecule has 6 heteroatoms. The van der Waals surface area contributed by atoms with E-state index in [9.17, 15) is 9.59 Å². The Morgan fingerprint density at radius 2 is 1.91 bits per heavy atom. The van der Waals surface area contributed by atoms with Gasteiger partial charge in [0.05, 0.1) is 29.1 Å². The van der Waals surface area contributed by atoms with Crippen LogP contribution in [0.3, 0.4) is 0 Å². The van der Waals surface area contributed by atoms with E-state index < -0.39 is 11.0 Å². The molecule has 120 valence electrons. The van der Waals surface area contributed by atoms with Gasteiger partial charge in [-0.3, -0.25) is 9.59 Å². The number of rotatable bonds is 2. The summed E-state index contributed by atoms with van der Waals surface area (Å²) in [5.74, 6) is 0.0672. The van der Waals surface area contributed by atoms with Crippen molar-refractivity contribution >= 4 is 21.7 Å². The number of nitrogens with zero attached hydrogens (tertiary/aromatic N) is 1. The van der Waals surface area contributed by atoms with E-state index in [1.54, 1.807) is 13.3 Å². The number of halogens is 1. The lowest BCUT2D eigenvalue weighted by atomic mass is 9.59. The summed E-state index contributed by atoms with van der Waals surface area (Å²) in [6, 6.07) is 0. The van der Waals surface area contributed by atoms with Gasteiger partial charge in [0, 0.05) is 13.3 Å². The number of fused-ring (bicyclic) bond motifs is 2. The minimum Gasteiger partial charge on any atom is -0.491 e. The second-order valence-corrected chi connectivity index (χ2v) is 7.24. The first-order chi connectivity index (χ1) is 10.4. The average Bonchev–Trinajstić information content (AvgIpc) is 2.51. The van der Waals surface area contributed by atoms with Crippen LogP contribution in [0.2, 0.25) is 0 Å². The molecule has 2 unspecified atom stereocenters. The zero-order chi connectivity index (χ0) is 16.1. The molecule has 1 saturated carbocycles. The van der Waals surface area contributed by atoms with E-state index in [2.05, 4.69) is 15.9 Å². The standard InChI is InChI=1S/C16H20BrNO4/c1-15-6-4-5-7-16(15,22-3)9-18-8-10(17)12(19)13(21-2)11(18)14(15)20/h8H,4-7,9H2,1-3H3. The maximum atomic E-state index is 13.2. The fraction of sp³-hybridized carbons (Fsp3) is 0.625. The van der Waals surface area contributed by atoms with Crippen LogP contribution < -0.4 is 10.2 Å². The maximum absolute atomic E-state index is 13.2. The smallest absolute Gasteiger partial charge is 0.238 e. The minimum absolute atomic E-state index is 0.0539. The minimum atomic E-state index is -0.618. The van der Waals surface area contributed by atoms with Crippen LogP contribution in [0.5, 0.6) is 5.75 Å². The first kappa shape index (κ1) is 15.7. The van der Waals surface area contributed by atoms with Crippen LogP contribution in [0.25, 0.3) is 0 Å². The Kier molecular flexibility index (Phi) is 3.72. The molecule has 1 aromatic rings. The van der Waals surface area contributed by atoms with Gasteiger partial charge in [-0.05, 0) is 35.7 Å². The molecule has 0 saturated heterocycles. The van der Waals surface area contributed by atoms with E-state index >= 15 is 0 Å². The number of pyridine rings is 1. The van der Waals surface area contributed by atoms with Gasteiger partial charge >= 0.3 is 0 Å². The molecule has 2 heterocycles. The normalized spacial score (nSPS) is 30.6. The molecule has 0 amide bonds. The fourth-order valence-electron chi connectivity index (χ4n) is 4.05. The summed E-state index contributed by atoms with van der Waals surface area (Å²) in [4.78, 5) is 25.5. The van der Waals surface area contributed by atoms with Gasteiger partial charge in [-0.1, -0.05) is 12.8 Å². The Labute approximate surface area is 137 Å². The SMILES string of the molecule is COc1c2n(cc(Br)c1=O)CC1(OC)CCCCC1(C)C2=O. The van der Waals surface area contributed by atoms with Gasteiger partial charge in [-0.2, -0.15) is 0 Å². The molecule has 1 aliphatic heterocycles. The quantitative estimate of drug-likeness (QED) is 0.804. The van der Waals surface area contributed by atoms with Crippen molar-refractivity contribution < 1.29 is 14.3 Å². The molecular formula is C16H20BrNO4. The number of ketones is 1. The fourth-order valence-corrected chi connectivity index (χ4v) is 4.48. The molecular weight excluding hydrogens is 350 g/mol. The van der Waals surface area contributed by atoms with Crippen LogP contribution in [0.4, 0.5) is 0 Å². The molecule has 0 spiro atoms. The van der Waals surface area contributed by atoms with Crippen molar-refractivity contribution in [2.24, 2.45) is 5.41 Å². The summed E-state index contributed by atoms with van der Waals surface area (Å²) < 4.78 is 13.3. The predicted molar refractivity (Wildman–Crippen MR) is 85.6 cm³/mol. The molecule has 1 aromatic heterocycles. The van der Waals surface area contributed by atoms with Gasteiger partial charge in [-0.25, -0.2) is 0 Å². The van der Waals surface area contributed by atoms with Crippen LogP contribution in [-0.2, 0) is 11.3 Å². The van der Waals surface area contributed by atoms with Crippen LogP contribution in [-0.4, -0.2) is 30.2 Å². The second kappa shape index (κ2) is 5.20. The zero-order valence-corrected chi connectivity index (χ0v) is 14.7. The molecule has 3 rings (SSSR count). The van der Waals surface area contributed by atoms with Crippen LogP contribution >= 0.6 is 15.9 Å². The molecule has 0 bridgehead atoms. The van der Waals surface area contributed by atoms with Crippen molar-refractivity contribution in [3.63, 3.8) is 0 Å². The lowest BCUT2D eigenvalue weighted by molar-refractivity contribution is -0.130. The highest BCUT2D eigenvalue weighted by Gasteiger charge is 2.59. The van der Waals surface area contributed by atoms with E-state index in [4.69, 9.17) is 9.47 Å². The summed E-state index contributed by atoms with van der Waals surface area (Å²) in [5.41, 5.74) is -1.05. The number of carbonyl (C=O) groups is 1. The second-order valence-electron chi connectivity index (χ2n) is 6.38. The summed E-state index contributed by atoms with van der Waals surface area (Å²) in [6.45, 7) is 2.52. The van der Waals surface area contributed by atoms with Gasteiger partial charge in [0.15, 0.2) is 11.5 Å². The van der Waals surface area contributed by atoms with Crippen molar-refractivity contribution in [2.75, 3.05) is 14.2 Å². The summed E-state index contributed by atoms with van der Waals surface area (Å²) >= 11 is 3.26. The number of carbonyl (C=O) groups excluding carboxylic acids is 1. The first-order valence-electron chi connectivity index (χ1n) is 7.47. The van der Waals surface area contributed by atoms with Crippen molar-refractivity contribution in [3.8, 4) is 5.75 Å². The number of aromatic nitrogens is 1. The van der Waals surface area contributed by atoms with Gasteiger partial charge in [-0.15, -0.1) is 0 Å². The average molecular weight is 370 g/mol. The molecule has 2 atom stereocenters. The Balaban J connectivity index is 2.29. The highest BCUT2D eigenvalue weighted by molar-refractivity contribution is 9.10. The van der Waals surface area contributed by atoms with Gasteiger partial charge in [0.2, 0.25) is 5.43 Å². The summed E-state index contributed by atoms with van der Waals surface area (Å²) in [5, 5.41) is 0. The van der Waals surface area contributed by atoms with E-state index in [-0.39, 0.29) is 17.0 Å². The van der Waals surface area contributed by atoms with E-state index in [1.165, 1.54) is 7.11 Å². The molecule has 5 nitrogen and oxygen atoms in total. The Morgan fingerprint density at radius 1 is 1.23 bits per heavy atom. The number of Topliss-reactive ketones (excluding diaryl/α,β-unsaturated/α-hetero) is 1. The Bertz CT molecular complexity index is 698. The largest absolute Gasteiger partial charge is 0.491 e. The number of ether oxygens (including phenoxy) is 2. The first-order valence-corrected chi connectivity index (χ1v) is 8.26. The van der Waals surface area contributed by atoms with Gasteiger partial charge in [0.1, 0.15) is 5.69 Å². The lowest BCUT2D eigenvalue weighted by Crippen LogP contribution is -2.61. The molecule has 1 aliphatic carbocycles. The predicted octanol–water partition coefficient (Wildman–Crippen LogP) is 2.78. The van der Waals surface area contributed by atoms with Crippen molar-refractivity contribution in [2.45, 2.75) is 44.8 Å². The Morgan fingerprint density at radius 3 is 2.55 bits per heavy atom. The van der Waals surface area contributed by atoms with Crippen LogP contribution in [0.1, 0.15) is 43.1 Å². The Hall–Kier alpha value is -1.14. The summed E-state index contributed by atoms with van der Waals surface area (Å²) in [6.07, 6.45) is 5.33. The third kappa shape index (κ3) is 1.86. The van der Waals surface area contributed by atoms with Gasteiger partial charge in [0.25, 0.3) is 0 Å². The van der Waals surface area contributed by atoms with Crippen molar-refractivity contribution in [1.29, 1.82) is 0 Å². The highest BCUT2D eigenvalue weighted by atomic mass is 79.9. The van der Waals surface area contributed by atoms with Crippen molar-refractivity contribution in [3.05, 3.63) is 26.6 Å². The third-order valence-corrected chi connectivity index (χ3v) is 6.01. The molecule has 0 N–H and O–H groups in total. The van der Waals surface area contributed by atoms with E-state index in [0.717, 1.165) is 25.7 Å². The topological polar surface area (TPSA) is 57.5 Å². The lowest BCUT2D eigenvalue weighted by Gasteiger charge is -2.53. The molecule has 0 radical (unpaired) electrons. The monoisotopic (exact) mass is 369 g/mol. The van der Waals surface area contributed by atoms with Crippen LogP contribution in [0.15, 0.2) is 15.5 Å². The number of hydrogen-bond donors (Lipinski definition) is 0. The highest BCUT2D eigenvalue weighted by Crippen LogP contribution is 2.52. The van der Waals surface area contributed by atoms with Crippen molar-refractivity contribution in [1.82, 2.24) is 4.57 Å². The molecule has 2 aliphatic rings. The zero-order valence-electron chi connectivity index (χ0n) is 13.1. The van der Waals surface area contributed by atoms with E-state index in [0.29, 0.717) is 16.7 Å². The third-order valence-electron chi connectivity index (χ3n) is 5.44. The van der Waals surface area contributed by atoms with Gasteiger partial charge < -0.3 is 14.0 Å².